The summed E-state index contributed by atoms with van der Waals surface area (Å²) in [6.45, 7) is 3.44. The molecule has 2 rings (SSSR count). The lowest BCUT2D eigenvalue weighted by atomic mass is 9.86. The largest absolute Gasteiger partial charge is 0.459 e. The van der Waals surface area contributed by atoms with Crippen molar-refractivity contribution in [2.75, 3.05) is 13.2 Å². The average molecular weight is 379 g/mol. The highest BCUT2D eigenvalue weighted by molar-refractivity contribution is 6.02. The Balaban J connectivity index is 2.22. The van der Waals surface area contributed by atoms with Crippen molar-refractivity contribution in [2.24, 2.45) is 5.41 Å². The number of aliphatic hydroxyl groups is 2. The molecule has 1 aliphatic rings. The van der Waals surface area contributed by atoms with Gasteiger partial charge in [0.05, 0.1) is 18.6 Å². The normalized spacial score (nSPS) is 19.1. The third-order valence-corrected chi connectivity index (χ3v) is 4.26. The fourth-order valence-electron chi connectivity index (χ4n) is 2.80. The molecule has 1 aliphatic heterocycles. The molecule has 0 spiro atoms. The molecule has 1 heterocycles. The maximum atomic E-state index is 12.7. The van der Waals surface area contributed by atoms with Gasteiger partial charge in [-0.1, -0.05) is 30.3 Å². The van der Waals surface area contributed by atoms with Gasteiger partial charge in [-0.05, 0) is 32.8 Å². The summed E-state index contributed by atoms with van der Waals surface area (Å²) in [7, 11) is 0. The summed E-state index contributed by atoms with van der Waals surface area (Å²) in [5.74, 6) is -1.66. The van der Waals surface area contributed by atoms with Gasteiger partial charge in [0, 0.05) is 0 Å². The number of nitrogens with zero attached hydrogens (tertiary/aromatic N) is 1. The molecule has 8 heteroatoms. The number of imide groups is 1. The van der Waals surface area contributed by atoms with E-state index in [0.29, 0.717) is 4.90 Å². The Kier molecular flexibility index (Phi) is 6.22. The smallest absolute Gasteiger partial charge is 0.417 e. The number of esters is 1. The van der Waals surface area contributed by atoms with Crippen LogP contribution in [0.1, 0.15) is 32.8 Å². The Morgan fingerprint density at radius 2 is 1.78 bits per heavy atom. The van der Waals surface area contributed by atoms with Crippen molar-refractivity contribution in [3.63, 3.8) is 0 Å². The van der Waals surface area contributed by atoms with Gasteiger partial charge in [-0.15, -0.1) is 0 Å². The fraction of sp³-hybridized carbons (Fsp3) is 0.526. The van der Waals surface area contributed by atoms with Crippen LogP contribution >= 0.6 is 0 Å². The van der Waals surface area contributed by atoms with E-state index in [2.05, 4.69) is 0 Å². The highest BCUT2D eigenvalue weighted by Gasteiger charge is 2.57. The SMILES string of the molecule is CC(C)(C)OC(=O)N1C(=O)C(CO)(CO)CC1C(=O)OCc1ccccc1. The molecule has 2 N–H and O–H groups in total. The second-order valence-corrected chi connectivity index (χ2v) is 7.57. The lowest BCUT2D eigenvalue weighted by Gasteiger charge is -2.27. The van der Waals surface area contributed by atoms with E-state index >= 15 is 0 Å². The van der Waals surface area contributed by atoms with Crippen LogP contribution in [0.4, 0.5) is 4.79 Å². The molecule has 0 bridgehead atoms. The zero-order valence-corrected chi connectivity index (χ0v) is 15.7. The van der Waals surface area contributed by atoms with E-state index in [1.807, 2.05) is 6.07 Å². The van der Waals surface area contributed by atoms with Gasteiger partial charge in [-0.25, -0.2) is 14.5 Å². The molecule has 0 aliphatic carbocycles. The third-order valence-electron chi connectivity index (χ3n) is 4.26. The second-order valence-electron chi connectivity index (χ2n) is 7.57. The molecule has 0 aromatic heterocycles. The lowest BCUT2D eigenvalue weighted by molar-refractivity contribution is -0.153. The monoisotopic (exact) mass is 379 g/mol. The van der Waals surface area contributed by atoms with Crippen LogP contribution in [0.15, 0.2) is 30.3 Å². The number of hydrogen-bond donors (Lipinski definition) is 2. The highest BCUT2D eigenvalue weighted by atomic mass is 16.6. The topological polar surface area (TPSA) is 113 Å². The molecular weight excluding hydrogens is 354 g/mol. The molecule has 0 radical (unpaired) electrons. The number of hydrogen-bond acceptors (Lipinski definition) is 7. The van der Waals surface area contributed by atoms with Gasteiger partial charge in [-0.3, -0.25) is 4.79 Å². The van der Waals surface area contributed by atoms with Gasteiger partial charge in [-0.2, -0.15) is 0 Å². The zero-order valence-electron chi connectivity index (χ0n) is 15.7. The first-order valence-corrected chi connectivity index (χ1v) is 8.62. The molecule has 1 fully saturated rings. The molecule has 1 unspecified atom stereocenters. The van der Waals surface area contributed by atoms with Gasteiger partial charge in [0.25, 0.3) is 0 Å². The summed E-state index contributed by atoms with van der Waals surface area (Å²) in [5, 5.41) is 19.2. The first-order valence-electron chi connectivity index (χ1n) is 8.62. The van der Waals surface area contributed by atoms with Crippen LogP contribution in [0.25, 0.3) is 0 Å². The summed E-state index contributed by atoms with van der Waals surface area (Å²) in [5.41, 5.74) is -1.78. The minimum absolute atomic E-state index is 0.0300. The molecule has 8 nitrogen and oxygen atoms in total. The first kappa shape index (κ1) is 20.9. The maximum Gasteiger partial charge on any atom is 0.417 e. The van der Waals surface area contributed by atoms with Crippen LogP contribution in [-0.4, -0.2) is 57.9 Å². The molecule has 1 saturated heterocycles. The van der Waals surface area contributed by atoms with E-state index in [1.165, 1.54) is 0 Å². The standard InChI is InChI=1S/C19H25NO7/c1-18(2,3)27-17(25)20-14(9-19(11-21,12-22)16(20)24)15(23)26-10-13-7-5-4-6-8-13/h4-8,14,21-22H,9-12H2,1-3H3. The minimum Gasteiger partial charge on any atom is -0.459 e. The van der Waals surface area contributed by atoms with E-state index in [1.54, 1.807) is 45.0 Å². The number of benzene rings is 1. The van der Waals surface area contributed by atoms with Crippen molar-refractivity contribution in [1.82, 2.24) is 4.90 Å². The van der Waals surface area contributed by atoms with Gasteiger partial charge in [0.1, 0.15) is 18.2 Å². The summed E-state index contributed by atoms with van der Waals surface area (Å²) in [6, 6.07) is 7.66. The molecule has 1 aromatic carbocycles. The van der Waals surface area contributed by atoms with Crippen molar-refractivity contribution in [3.8, 4) is 0 Å². The van der Waals surface area contributed by atoms with Crippen molar-refractivity contribution in [2.45, 2.75) is 45.4 Å². The van der Waals surface area contributed by atoms with E-state index in [9.17, 15) is 24.6 Å². The van der Waals surface area contributed by atoms with Crippen LogP contribution in [0, 0.1) is 5.41 Å². The van der Waals surface area contributed by atoms with E-state index in [-0.39, 0.29) is 13.0 Å². The summed E-state index contributed by atoms with van der Waals surface area (Å²) in [4.78, 5) is 38.4. The molecule has 1 atom stereocenters. The quantitative estimate of drug-likeness (QED) is 0.740. The molecule has 0 saturated carbocycles. The maximum absolute atomic E-state index is 12.7. The van der Waals surface area contributed by atoms with Crippen LogP contribution in [0.5, 0.6) is 0 Å². The number of carbonyl (C=O) groups is 3. The number of amides is 2. The Morgan fingerprint density at radius 1 is 1.19 bits per heavy atom. The predicted molar refractivity (Wildman–Crippen MR) is 94.3 cm³/mol. The fourth-order valence-corrected chi connectivity index (χ4v) is 2.80. The Hall–Kier alpha value is -2.45. The second kappa shape index (κ2) is 8.06. The van der Waals surface area contributed by atoms with Crippen LogP contribution in [0.3, 0.4) is 0 Å². The van der Waals surface area contributed by atoms with Crippen molar-refractivity contribution in [1.29, 1.82) is 0 Å². The third kappa shape index (κ3) is 4.64. The predicted octanol–water partition coefficient (Wildman–Crippen LogP) is 1.24. The summed E-state index contributed by atoms with van der Waals surface area (Å²) < 4.78 is 10.5. The van der Waals surface area contributed by atoms with Gasteiger partial charge in [0.2, 0.25) is 5.91 Å². The zero-order chi connectivity index (χ0) is 20.2. The number of aliphatic hydroxyl groups excluding tert-OH is 2. The van der Waals surface area contributed by atoms with Crippen molar-refractivity contribution < 1.29 is 34.1 Å². The number of rotatable bonds is 5. The number of carbonyl (C=O) groups excluding carboxylic acids is 3. The Labute approximate surface area is 157 Å². The van der Waals surface area contributed by atoms with Crippen molar-refractivity contribution >= 4 is 18.0 Å². The first-order chi connectivity index (χ1) is 12.6. The Bertz CT molecular complexity index is 692. The van der Waals surface area contributed by atoms with Gasteiger partial charge >= 0.3 is 12.1 Å². The summed E-state index contributed by atoms with van der Waals surface area (Å²) in [6.07, 6.45) is -1.26. The van der Waals surface area contributed by atoms with Gasteiger partial charge in [0.15, 0.2) is 0 Å². The van der Waals surface area contributed by atoms with Crippen LogP contribution in [-0.2, 0) is 25.7 Å². The molecule has 148 valence electrons. The Morgan fingerprint density at radius 3 is 2.30 bits per heavy atom. The van der Waals surface area contributed by atoms with E-state index < -0.39 is 48.2 Å². The van der Waals surface area contributed by atoms with E-state index in [4.69, 9.17) is 9.47 Å². The van der Waals surface area contributed by atoms with Crippen LogP contribution < -0.4 is 0 Å². The molecule has 1 aromatic rings. The van der Waals surface area contributed by atoms with Crippen LogP contribution in [0.2, 0.25) is 0 Å². The molecule has 27 heavy (non-hydrogen) atoms. The minimum atomic E-state index is -1.63. The molecule has 2 amide bonds. The lowest BCUT2D eigenvalue weighted by Crippen LogP contribution is -2.48. The van der Waals surface area contributed by atoms with E-state index in [0.717, 1.165) is 5.56 Å². The number of likely N-dealkylation sites (tertiary alicyclic amines) is 1. The van der Waals surface area contributed by atoms with Gasteiger partial charge < -0.3 is 19.7 Å². The summed E-state index contributed by atoms with van der Waals surface area (Å²) >= 11 is 0. The van der Waals surface area contributed by atoms with Crippen molar-refractivity contribution in [3.05, 3.63) is 35.9 Å². The molecular formula is C19H25NO7. The number of ether oxygens (including phenoxy) is 2. The highest BCUT2D eigenvalue weighted by Crippen LogP contribution is 2.37. The average Bonchev–Trinajstić information content (AvgIpc) is 2.92.